The van der Waals surface area contributed by atoms with Crippen molar-refractivity contribution in [2.75, 3.05) is 25.4 Å². The summed E-state index contributed by atoms with van der Waals surface area (Å²) in [6.07, 6.45) is 0.774. The Balaban J connectivity index is 1.38. The summed E-state index contributed by atoms with van der Waals surface area (Å²) in [5, 5.41) is 9.58. The largest absolute Gasteiger partial charge is 0.485 e. The fourth-order valence-corrected chi connectivity index (χ4v) is 5.50. The third kappa shape index (κ3) is 4.71. The summed E-state index contributed by atoms with van der Waals surface area (Å²) in [6, 6.07) is 17.5. The number of benzene rings is 2. The van der Waals surface area contributed by atoms with E-state index in [2.05, 4.69) is 24.0 Å². The predicted molar refractivity (Wildman–Crippen MR) is 127 cm³/mol. The summed E-state index contributed by atoms with van der Waals surface area (Å²) < 4.78 is 14.1. The molecule has 3 atom stereocenters. The van der Waals surface area contributed by atoms with E-state index in [0.29, 0.717) is 40.9 Å². The van der Waals surface area contributed by atoms with Gasteiger partial charge in [0.2, 0.25) is 5.91 Å². The van der Waals surface area contributed by atoms with Crippen LogP contribution in [0.3, 0.4) is 0 Å². The van der Waals surface area contributed by atoms with Gasteiger partial charge in [0.15, 0.2) is 28.6 Å². The number of nitrogens with zero attached hydrogens (tertiary/aromatic N) is 4. The number of carbonyl (C=O) groups is 1. The Bertz CT molecular complexity index is 1110. The molecular weight excluding hydrogens is 436 g/mol. The summed E-state index contributed by atoms with van der Waals surface area (Å²) in [5.74, 6) is 3.62. The summed E-state index contributed by atoms with van der Waals surface area (Å²) in [4.78, 5) is 15.0. The minimum atomic E-state index is -0.401. The van der Waals surface area contributed by atoms with E-state index in [-0.39, 0.29) is 5.91 Å². The van der Waals surface area contributed by atoms with Crippen LogP contribution in [0.4, 0.5) is 0 Å². The number of amides is 1. The van der Waals surface area contributed by atoms with E-state index in [4.69, 9.17) is 9.47 Å². The number of hydrogen-bond acceptors (Lipinski definition) is 6. The molecule has 1 saturated heterocycles. The lowest BCUT2D eigenvalue weighted by Crippen LogP contribution is -2.43. The zero-order valence-electron chi connectivity index (χ0n) is 18.9. The fourth-order valence-electron chi connectivity index (χ4n) is 4.63. The fraction of sp³-hybridized carbons (Fsp3) is 0.400. The van der Waals surface area contributed by atoms with Crippen molar-refractivity contribution in [3.05, 3.63) is 60.4 Å². The summed E-state index contributed by atoms with van der Waals surface area (Å²) in [7, 11) is 0. The van der Waals surface area contributed by atoms with Gasteiger partial charge in [0.1, 0.15) is 6.61 Å². The first-order valence-electron chi connectivity index (χ1n) is 11.4. The lowest BCUT2D eigenvalue weighted by molar-refractivity contribution is -0.130. The Labute approximate surface area is 198 Å². The monoisotopic (exact) mass is 464 g/mol. The number of fused-ring (bicyclic) bond motifs is 1. The molecule has 1 fully saturated rings. The van der Waals surface area contributed by atoms with Crippen LogP contribution in [0.1, 0.15) is 32.2 Å². The zero-order valence-corrected chi connectivity index (χ0v) is 19.7. The van der Waals surface area contributed by atoms with E-state index in [0.717, 1.165) is 24.5 Å². The van der Waals surface area contributed by atoms with Gasteiger partial charge in [-0.3, -0.25) is 9.36 Å². The highest BCUT2D eigenvalue weighted by Crippen LogP contribution is 2.37. The number of ether oxygens (including phenoxy) is 2. The topological polar surface area (TPSA) is 69.5 Å². The van der Waals surface area contributed by atoms with Crippen LogP contribution in [-0.4, -0.2) is 51.0 Å². The van der Waals surface area contributed by atoms with Crippen molar-refractivity contribution in [2.45, 2.75) is 31.5 Å². The summed E-state index contributed by atoms with van der Waals surface area (Å²) in [6.45, 7) is 6.42. The van der Waals surface area contributed by atoms with Crippen molar-refractivity contribution < 1.29 is 14.3 Å². The van der Waals surface area contributed by atoms with Gasteiger partial charge in [-0.05, 0) is 42.5 Å². The maximum atomic E-state index is 13.0. The van der Waals surface area contributed by atoms with Crippen LogP contribution in [0, 0.1) is 11.8 Å². The Kier molecular flexibility index (Phi) is 6.26. The predicted octanol–water partition coefficient (Wildman–Crippen LogP) is 4.38. The van der Waals surface area contributed by atoms with E-state index in [1.54, 1.807) is 0 Å². The van der Waals surface area contributed by atoms with E-state index in [1.807, 2.05) is 64.1 Å². The highest BCUT2D eigenvalue weighted by Gasteiger charge is 2.30. The van der Waals surface area contributed by atoms with E-state index in [1.165, 1.54) is 18.2 Å². The average Bonchev–Trinajstić information content (AvgIpc) is 3.26. The van der Waals surface area contributed by atoms with Crippen LogP contribution >= 0.6 is 11.8 Å². The third-order valence-corrected chi connectivity index (χ3v) is 6.93. The molecule has 1 aromatic heterocycles. The molecule has 33 heavy (non-hydrogen) atoms. The van der Waals surface area contributed by atoms with Crippen LogP contribution < -0.4 is 9.47 Å². The molecular formula is C25H28N4O3S. The van der Waals surface area contributed by atoms with Gasteiger partial charge in [0.25, 0.3) is 0 Å². The molecule has 0 unspecified atom stereocenters. The maximum Gasteiger partial charge on any atom is 0.233 e. The van der Waals surface area contributed by atoms with Crippen LogP contribution in [-0.2, 0) is 4.79 Å². The average molecular weight is 465 g/mol. The molecule has 0 spiro atoms. The van der Waals surface area contributed by atoms with Crippen LogP contribution in [0.5, 0.6) is 11.5 Å². The molecule has 2 aliphatic rings. The van der Waals surface area contributed by atoms with Crippen molar-refractivity contribution in [3.8, 4) is 17.2 Å². The molecule has 3 aromatic rings. The first-order chi connectivity index (χ1) is 16.1. The van der Waals surface area contributed by atoms with Crippen LogP contribution in [0.15, 0.2) is 59.8 Å². The molecule has 8 heteroatoms. The molecule has 0 aliphatic carbocycles. The highest BCUT2D eigenvalue weighted by atomic mass is 32.2. The Morgan fingerprint density at radius 1 is 1.00 bits per heavy atom. The number of para-hydroxylation sites is 3. The second-order valence-electron chi connectivity index (χ2n) is 8.91. The van der Waals surface area contributed by atoms with E-state index < -0.39 is 6.10 Å². The smallest absolute Gasteiger partial charge is 0.233 e. The number of carbonyl (C=O) groups excluding carboxylic acids is 1. The lowest BCUT2D eigenvalue weighted by atomic mass is 9.92. The highest BCUT2D eigenvalue weighted by molar-refractivity contribution is 7.99. The van der Waals surface area contributed by atoms with E-state index in [9.17, 15) is 4.79 Å². The maximum absolute atomic E-state index is 13.0. The number of rotatable bonds is 5. The Hall–Kier alpha value is -3.00. The lowest BCUT2D eigenvalue weighted by Gasteiger charge is -2.35. The Morgan fingerprint density at radius 2 is 1.70 bits per heavy atom. The molecule has 1 amide bonds. The van der Waals surface area contributed by atoms with Crippen molar-refractivity contribution in [1.29, 1.82) is 0 Å². The van der Waals surface area contributed by atoms with Crippen molar-refractivity contribution in [1.82, 2.24) is 19.7 Å². The molecule has 0 bridgehead atoms. The van der Waals surface area contributed by atoms with Gasteiger partial charge in [0.05, 0.1) is 5.75 Å². The van der Waals surface area contributed by atoms with Crippen molar-refractivity contribution in [2.24, 2.45) is 11.8 Å². The number of likely N-dealkylation sites (tertiary alicyclic amines) is 1. The van der Waals surface area contributed by atoms with Crippen LogP contribution in [0.25, 0.3) is 5.69 Å². The molecule has 172 valence electrons. The van der Waals surface area contributed by atoms with Gasteiger partial charge in [-0.2, -0.15) is 0 Å². The SMILES string of the molecule is C[C@@H]1C[C@H](C)CN(C(=O)CSc2nnc([C@H]3COc4ccccc4O3)n2-c2ccccc2)C1. The first kappa shape index (κ1) is 21.8. The molecule has 2 aromatic carbocycles. The van der Waals surface area contributed by atoms with Gasteiger partial charge in [-0.15, -0.1) is 10.2 Å². The van der Waals surface area contributed by atoms with E-state index >= 15 is 0 Å². The minimum absolute atomic E-state index is 0.147. The number of thioether (sulfide) groups is 1. The molecule has 7 nitrogen and oxygen atoms in total. The normalized spacial score (nSPS) is 22.2. The number of piperidine rings is 1. The molecule has 0 radical (unpaired) electrons. The molecule has 0 saturated carbocycles. The number of aromatic nitrogens is 3. The quantitative estimate of drug-likeness (QED) is 0.522. The second-order valence-corrected chi connectivity index (χ2v) is 9.85. The Morgan fingerprint density at radius 3 is 2.45 bits per heavy atom. The molecule has 2 aliphatic heterocycles. The van der Waals surface area contributed by atoms with Crippen molar-refractivity contribution in [3.63, 3.8) is 0 Å². The van der Waals surface area contributed by atoms with Crippen LogP contribution in [0.2, 0.25) is 0 Å². The molecule has 3 heterocycles. The first-order valence-corrected chi connectivity index (χ1v) is 12.4. The van der Waals surface area contributed by atoms with Gasteiger partial charge in [0, 0.05) is 18.8 Å². The number of hydrogen-bond donors (Lipinski definition) is 0. The zero-order chi connectivity index (χ0) is 22.8. The van der Waals surface area contributed by atoms with Crippen molar-refractivity contribution >= 4 is 17.7 Å². The standard InChI is InChI=1S/C25H28N4O3S/c1-17-12-18(2)14-28(13-17)23(30)16-33-25-27-26-24(29(25)19-8-4-3-5-9-19)22-15-31-20-10-6-7-11-21(20)32-22/h3-11,17-18,22H,12-16H2,1-2H3/t17-,18+,22-/m1/s1. The van der Waals surface area contributed by atoms with Gasteiger partial charge < -0.3 is 14.4 Å². The summed E-state index contributed by atoms with van der Waals surface area (Å²) >= 11 is 1.42. The minimum Gasteiger partial charge on any atom is -0.485 e. The third-order valence-electron chi connectivity index (χ3n) is 6.02. The van der Waals surface area contributed by atoms with Gasteiger partial charge >= 0.3 is 0 Å². The van der Waals surface area contributed by atoms with Gasteiger partial charge in [-0.1, -0.05) is 55.9 Å². The summed E-state index contributed by atoms with van der Waals surface area (Å²) in [5.41, 5.74) is 0.926. The molecule has 5 rings (SSSR count). The second kappa shape index (κ2) is 9.47. The van der Waals surface area contributed by atoms with Gasteiger partial charge in [-0.25, -0.2) is 0 Å². The molecule has 0 N–H and O–H groups in total.